The molecule has 2 rings (SSSR count). The van der Waals surface area contributed by atoms with Crippen molar-refractivity contribution < 1.29 is 9.13 Å². The summed E-state index contributed by atoms with van der Waals surface area (Å²) in [7, 11) is 1.66. The summed E-state index contributed by atoms with van der Waals surface area (Å²) in [6.07, 6.45) is 3.65. The molecular weight excluding hydrogens is 257 g/mol. The van der Waals surface area contributed by atoms with E-state index in [-0.39, 0.29) is 5.82 Å². The van der Waals surface area contributed by atoms with E-state index >= 15 is 0 Å². The molecule has 1 heterocycles. The van der Waals surface area contributed by atoms with Gasteiger partial charge in [-0.15, -0.1) is 0 Å². The summed E-state index contributed by atoms with van der Waals surface area (Å²) in [6, 6.07) is 3.75. The molecule has 0 aliphatic heterocycles. The highest BCUT2D eigenvalue weighted by Crippen LogP contribution is 2.17. The first-order chi connectivity index (χ1) is 9.61. The van der Waals surface area contributed by atoms with Crippen molar-refractivity contribution in [2.75, 3.05) is 25.6 Å². The van der Waals surface area contributed by atoms with Crippen LogP contribution in [0.15, 0.2) is 24.5 Å². The first-order valence-corrected chi connectivity index (χ1v) is 6.61. The Bertz CT molecular complexity index is 557. The summed E-state index contributed by atoms with van der Waals surface area (Å²) in [5.74, 6) is 0.666. The normalized spacial score (nSPS) is 10.8. The molecule has 0 bridgehead atoms. The summed E-state index contributed by atoms with van der Waals surface area (Å²) >= 11 is 0. The van der Waals surface area contributed by atoms with Gasteiger partial charge < -0.3 is 14.6 Å². The molecule has 2 aromatic rings. The first-order valence-electron chi connectivity index (χ1n) is 6.61. The molecule has 20 heavy (non-hydrogen) atoms. The van der Waals surface area contributed by atoms with Gasteiger partial charge in [-0.25, -0.2) is 9.37 Å². The third kappa shape index (κ3) is 3.36. The molecule has 0 unspecified atom stereocenters. The van der Waals surface area contributed by atoms with Crippen molar-refractivity contribution in [1.29, 1.82) is 0 Å². The molecule has 1 aromatic carbocycles. The Kier molecular flexibility index (Phi) is 4.74. The maximum Gasteiger partial charge on any atom is 0.203 e. The smallest absolute Gasteiger partial charge is 0.203 e. The van der Waals surface area contributed by atoms with Crippen molar-refractivity contribution in [1.82, 2.24) is 9.55 Å². The third-order valence-corrected chi connectivity index (χ3v) is 3.15. The van der Waals surface area contributed by atoms with Crippen molar-refractivity contribution in [3.05, 3.63) is 47.0 Å². The lowest BCUT2D eigenvalue weighted by molar-refractivity contribution is 0.210. The van der Waals surface area contributed by atoms with E-state index in [0.717, 1.165) is 11.5 Å². The van der Waals surface area contributed by atoms with Crippen LogP contribution < -0.4 is 5.32 Å². The van der Waals surface area contributed by atoms with E-state index in [1.54, 1.807) is 27.2 Å². The average Bonchev–Trinajstić information content (AvgIpc) is 2.84. The van der Waals surface area contributed by atoms with Crippen molar-refractivity contribution in [2.24, 2.45) is 0 Å². The SMILES string of the molecule is COCCNc1nccn1Cc1cc(C)c(F)c(C)c1. The van der Waals surface area contributed by atoms with Gasteiger partial charge in [0.1, 0.15) is 5.82 Å². The van der Waals surface area contributed by atoms with Gasteiger partial charge in [0.15, 0.2) is 0 Å². The number of hydrogen-bond acceptors (Lipinski definition) is 3. The van der Waals surface area contributed by atoms with Crippen LogP contribution in [0.3, 0.4) is 0 Å². The van der Waals surface area contributed by atoms with Crippen LogP contribution in [0, 0.1) is 19.7 Å². The number of hydrogen-bond donors (Lipinski definition) is 1. The predicted molar refractivity (Wildman–Crippen MR) is 77.6 cm³/mol. The topological polar surface area (TPSA) is 39.1 Å². The van der Waals surface area contributed by atoms with Crippen LogP contribution in [0.1, 0.15) is 16.7 Å². The fourth-order valence-corrected chi connectivity index (χ4v) is 2.19. The lowest BCUT2D eigenvalue weighted by atomic mass is 10.1. The fourth-order valence-electron chi connectivity index (χ4n) is 2.19. The minimum Gasteiger partial charge on any atom is -0.383 e. The quantitative estimate of drug-likeness (QED) is 0.825. The van der Waals surface area contributed by atoms with Gasteiger partial charge in [-0.2, -0.15) is 0 Å². The second kappa shape index (κ2) is 6.52. The summed E-state index contributed by atoms with van der Waals surface area (Å²) in [6.45, 7) is 5.57. The Labute approximate surface area is 118 Å². The van der Waals surface area contributed by atoms with Gasteiger partial charge in [0.2, 0.25) is 5.95 Å². The molecule has 0 spiro atoms. The number of methoxy groups -OCH3 is 1. The maximum absolute atomic E-state index is 13.6. The highest BCUT2D eigenvalue weighted by molar-refractivity contribution is 5.33. The standard InChI is InChI=1S/C15H20FN3O/c1-11-8-13(9-12(2)14(11)16)10-19-6-4-17-15(19)18-5-7-20-3/h4,6,8-9H,5,7,10H2,1-3H3,(H,17,18). The highest BCUT2D eigenvalue weighted by atomic mass is 19.1. The number of ether oxygens (including phenoxy) is 1. The molecule has 1 N–H and O–H groups in total. The van der Waals surface area contributed by atoms with E-state index in [9.17, 15) is 4.39 Å². The van der Waals surface area contributed by atoms with Gasteiger partial charge in [-0.05, 0) is 30.5 Å². The molecule has 4 nitrogen and oxygen atoms in total. The van der Waals surface area contributed by atoms with Crippen LogP contribution in [0.25, 0.3) is 0 Å². The maximum atomic E-state index is 13.6. The lowest BCUT2D eigenvalue weighted by Gasteiger charge is -2.11. The molecule has 0 aliphatic carbocycles. The van der Waals surface area contributed by atoms with Crippen LogP contribution in [0.5, 0.6) is 0 Å². The zero-order valence-electron chi connectivity index (χ0n) is 12.1. The summed E-state index contributed by atoms with van der Waals surface area (Å²) in [5.41, 5.74) is 2.41. The Hall–Kier alpha value is -1.88. The van der Waals surface area contributed by atoms with Crippen molar-refractivity contribution in [3.63, 3.8) is 0 Å². The number of benzene rings is 1. The molecule has 5 heteroatoms. The van der Waals surface area contributed by atoms with Gasteiger partial charge >= 0.3 is 0 Å². The number of imidazole rings is 1. The van der Waals surface area contributed by atoms with Crippen molar-refractivity contribution in [2.45, 2.75) is 20.4 Å². The minimum atomic E-state index is -0.127. The van der Waals surface area contributed by atoms with E-state index in [2.05, 4.69) is 10.3 Å². The zero-order chi connectivity index (χ0) is 14.5. The largest absolute Gasteiger partial charge is 0.383 e. The zero-order valence-corrected chi connectivity index (χ0v) is 12.1. The van der Waals surface area contributed by atoms with Gasteiger partial charge in [0.05, 0.1) is 13.2 Å². The molecular formula is C15H20FN3O. The summed E-state index contributed by atoms with van der Waals surface area (Å²) in [5, 5.41) is 3.21. The van der Waals surface area contributed by atoms with Crippen LogP contribution in [-0.4, -0.2) is 29.8 Å². The van der Waals surface area contributed by atoms with Crippen molar-refractivity contribution >= 4 is 5.95 Å². The molecule has 0 saturated heterocycles. The van der Waals surface area contributed by atoms with Crippen molar-refractivity contribution in [3.8, 4) is 0 Å². The summed E-state index contributed by atoms with van der Waals surface area (Å²) in [4.78, 5) is 4.27. The number of nitrogens with zero attached hydrogens (tertiary/aromatic N) is 2. The van der Waals surface area contributed by atoms with Gasteiger partial charge in [-0.3, -0.25) is 0 Å². The van der Waals surface area contributed by atoms with Crippen LogP contribution in [0.4, 0.5) is 10.3 Å². The van der Waals surface area contributed by atoms with E-state index in [4.69, 9.17) is 4.74 Å². The number of aryl methyl sites for hydroxylation is 2. The number of anilines is 1. The van der Waals surface area contributed by atoms with E-state index in [1.807, 2.05) is 22.9 Å². The molecule has 0 aliphatic rings. The third-order valence-electron chi connectivity index (χ3n) is 3.15. The molecule has 0 amide bonds. The second-order valence-electron chi connectivity index (χ2n) is 4.84. The van der Waals surface area contributed by atoms with E-state index in [1.165, 1.54) is 0 Å². The Morgan fingerprint density at radius 3 is 2.65 bits per heavy atom. The average molecular weight is 277 g/mol. The first kappa shape index (κ1) is 14.5. The predicted octanol–water partition coefficient (Wildman–Crippen LogP) is 2.75. The molecule has 108 valence electrons. The molecule has 0 saturated carbocycles. The minimum absolute atomic E-state index is 0.127. The molecule has 0 fully saturated rings. The number of aromatic nitrogens is 2. The number of rotatable bonds is 6. The Morgan fingerprint density at radius 1 is 1.30 bits per heavy atom. The monoisotopic (exact) mass is 277 g/mol. The molecule has 0 atom stereocenters. The Morgan fingerprint density at radius 2 is 2.00 bits per heavy atom. The number of nitrogens with one attached hydrogen (secondary N) is 1. The van der Waals surface area contributed by atoms with Crippen LogP contribution in [0.2, 0.25) is 0 Å². The van der Waals surface area contributed by atoms with Crippen LogP contribution >= 0.6 is 0 Å². The van der Waals surface area contributed by atoms with Crippen LogP contribution in [-0.2, 0) is 11.3 Å². The van der Waals surface area contributed by atoms with E-state index in [0.29, 0.717) is 30.8 Å². The van der Waals surface area contributed by atoms with Gasteiger partial charge in [0.25, 0.3) is 0 Å². The van der Waals surface area contributed by atoms with Gasteiger partial charge in [-0.1, -0.05) is 12.1 Å². The molecule has 0 radical (unpaired) electrons. The van der Waals surface area contributed by atoms with Gasteiger partial charge in [0, 0.05) is 26.0 Å². The number of halogens is 1. The molecule has 1 aromatic heterocycles. The second-order valence-corrected chi connectivity index (χ2v) is 4.84. The Balaban J connectivity index is 2.12. The fraction of sp³-hybridized carbons (Fsp3) is 0.400. The highest BCUT2D eigenvalue weighted by Gasteiger charge is 2.07. The van der Waals surface area contributed by atoms with E-state index < -0.39 is 0 Å². The summed E-state index contributed by atoms with van der Waals surface area (Å²) < 4.78 is 20.6. The lowest BCUT2D eigenvalue weighted by Crippen LogP contribution is -2.13.